The van der Waals surface area contributed by atoms with Gasteiger partial charge in [-0.05, 0) is 12.5 Å². The molecule has 108 valence electrons. The predicted molar refractivity (Wildman–Crippen MR) is 65.2 cm³/mol. The van der Waals surface area contributed by atoms with Crippen LogP contribution in [0.2, 0.25) is 0 Å². The molecule has 1 aromatic rings. The smallest absolute Gasteiger partial charge is 0.547 e. The average molecular weight is 303 g/mol. The van der Waals surface area contributed by atoms with Gasteiger partial charge in [0.25, 0.3) is 0 Å². The molecular weight excluding hydrogens is 289 g/mol. The van der Waals surface area contributed by atoms with Crippen LogP contribution in [0.15, 0.2) is 30.3 Å². The maximum Gasteiger partial charge on any atom is 1.00 e. The minimum Gasteiger partial charge on any atom is -0.547 e. The summed E-state index contributed by atoms with van der Waals surface area (Å²) >= 11 is 0. The largest absolute Gasteiger partial charge is 1.00 e. The van der Waals surface area contributed by atoms with Crippen LogP contribution in [0, 0.1) is 0 Å². The Morgan fingerprint density at radius 3 is 2.33 bits per heavy atom. The summed E-state index contributed by atoms with van der Waals surface area (Å²) in [6.45, 7) is 1.45. The number of carbonyl (C=O) groups is 3. The van der Waals surface area contributed by atoms with Gasteiger partial charge in [-0.15, -0.1) is 0 Å². The topological polar surface area (TPSA) is 105 Å². The zero-order valence-corrected chi connectivity index (χ0v) is 13.8. The minimum atomic E-state index is -1.89. The Balaban J connectivity index is 0.00000400. The van der Waals surface area contributed by atoms with Crippen LogP contribution >= 0.6 is 0 Å². The molecule has 0 aliphatic carbocycles. The van der Waals surface area contributed by atoms with E-state index in [9.17, 15) is 19.5 Å². The van der Waals surface area contributed by atoms with Crippen molar-refractivity contribution >= 4 is 18.0 Å². The van der Waals surface area contributed by atoms with Crippen LogP contribution in [-0.2, 0) is 25.7 Å². The van der Waals surface area contributed by atoms with Crippen molar-refractivity contribution in [3.63, 3.8) is 0 Å². The third-order valence-corrected chi connectivity index (χ3v) is 2.23. The molecular formula is C13H14NNaO6. The van der Waals surface area contributed by atoms with E-state index in [2.05, 4.69) is 4.74 Å². The number of benzene rings is 1. The summed E-state index contributed by atoms with van der Waals surface area (Å²) in [5.74, 6) is -2.87. The number of carboxylic acid groups (broad SMARTS) is 1. The molecule has 0 spiro atoms. The summed E-state index contributed by atoms with van der Waals surface area (Å²) < 4.78 is 9.29. The quantitative estimate of drug-likeness (QED) is 0.334. The summed E-state index contributed by atoms with van der Waals surface area (Å²) in [7, 11) is 0. The number of ether oxygens (including phenoxy) is 2. The second-order valence-corrected chi connectivity index (χ2v) is 3.71. The summed E-state index contributed by atoms with van der Waals surface area (Å²) in [5.41, 5.74) is 0.726. The zero-order chi connectivity index (χ0) is 15.0. The molecule has 1 aromatic carbocycles. The Bertz CT molecular complexity index is 479. The van der Waals surface area contributed by atoms with Crippen LogP contribution in [0.4, 0.5) is 4.79 Å². The predicted octanol–water partition coefficient (Wildman–Crippen LogP) is -3.40. The molecule has 0 aliphatic rings. The van der Waals surface area contributed by atoms with Gasteiger partial charge < -0.3 is 24.7 Å². The Kier molecular flexibility index (Phi) is 9.44. The Morgan fingerprint density at radius 1 is 1.19 bits per heavy atom. The number of rotatable bonds is 6. The van der Waals surface area contributed by atoms with E-state index >= 15 is 0 Å². The molecule has 0 radical (unpaired) electrons. The number of alkyl carbamates (subject to hydrolysis) is 1. The van der Waals surface area contributed by atoms with Crippen molar-refractivity contribution in [2.75, 3.05) is 6.61 Å². The number of aliphatic carboxylic acids is 1. The second kappa shape index (κ2) is 10.2. The van der Waals surface area contributed by atoms with Gasteiger partial charge in [0, 0.05) is 0 Å². The van der Waals surface area contributed by atoms with Crippen LogP contribution < -0.4 is 40.0 Å². The summed E-state index contributed by atoms with van der Waals surface area (Å²) in [5, 5.41) is 12.6. The molecule has 7 nitrogen and oxygen atoms in total. The van der Waals surface area contributed by atoms with Gasteiger partial charge in [0.1, 0.15) is 6.61 Å². The number of carboxylic acids is 1. The third-order valence-electron chi connectivity index (χ3n) is 2.23. The van der Waals surface area contributed by atoms with E-state index in [1.165, 1.54) is 6.92 Å². The third kappa shape index (κ3) is 7.12. The van der Waals surface area contributed by atoms with E-state index in [0.717, 1.165) is 5.56 Å². The zero-order valence-electron chi connectivity index (χ0n) is 11.8. The first-order valence-corrected chi connectivity index (χ1v) is 5.89. The van der Waals surface area contributed by atoms with Crippen molar-refractivity contribution in [3.8, 4) is 0 Å². The van der Waals surface area contributed by atoms with Gasteiger partial charge in [0.2, 0.25) is 0 Å². The van der Waals surface area contributed by atoms with E-state index in [1.54, 1.807) is 30.3 Å². The average Bonchev–Trinajstić information content (AvgIpc) is 2.43. The fraction of sp³-hybridized carbons (Fsp3) is 0.308. The molecule has 0 saturated carbocycles. The van der Waals surface area contributed by atoms with Gasteiger partial charge in [0.05, 0.1) is 12.6 Å². The van der Waals surface area contributed by atoms with Crippen LogP contribution in [0.3, 0.4) is 0 Å². The van der Waals surface area contributed by atoms with Crippen molar-refractivity contribution in [1.29, 1.82) is 0 Å². The first-order valence-electron chi connectivity index (χ1n) is 5.89. The molecule has 0 aromatic heterocycles. The Morgan fingerprint density at radius 2 is 1.81 bits per heavy atom. The fourth-order valence-corrected chi connectivity index (χ4v) is 1.32. The minimum absolute atomic E-state index is 0. The van der Waals surface area contributed by atoms with Crippen molar-refractivity contribution in [2.24, 2.45) is 0 Å². The number of amides is 1. The van der Waals surface area contributed by atoms with E-state index in [1.807, 2.05) is 5.32 Å². The van der Waals surface area contributed by atoms with Gasteiger partial charge in [-0.25, -0.2) is 9.59 Å². The summed E-state index contributed by atoms with van der Waals surface area (Å²) in [6.07, 6.45) is -1.05. The number of nitrogens with one attached hydrogen (secondary N) is 1. The van der Waals surface area contributed by atoms with E-state index in [4.69, 9.17) is 4.74 Å². The maximum absolute atomic E-state index is 11.4. The van der Waals surface area contributed by atoms with E-state index in [0.29, 0.717) is 0 Å². The molecule has 0 heterocycles. The van der Waals surface area contributed by atoms with Crippen molar-refractivity contribution in [3.05, 3.63) is 35.9 Å². The van der Waals surface area contributed by atoms with Crippen molar-refractivity contribution in [1.82, 2.24) is 5.32 Å². The number of hydrogen-bond acceptors (Lipinski definition) is 6. The molecule has 1 unspecified atom stereocenters. The Labute approximate surface area is 143 Å². The van der Waals surface area contributed by atoms with Gasteiger partial charge in [-0.1, -0.05) is 30.3 Å². The van der Waals surface area contributed by atoms with Crippen molar-refractivity contribution in [2.45, 2.75) is 19.6 Å². The molecule has 21 heavy (non-hydrogen) atoms. The number of esters is 1. The summed E-state index contributed by atoms with van der Waals surface area (Å²) in [4.78, 5) is 33.4. The first kappa shape index (κ1) is 19.4. The SMILES string of the molecule is CCOC(=O)C(NC(=O)OCc1ccccc1)C(=O)[O-].[Na+]. The van der Waals surface area contributed by atoms with Crippen molar-refractivity contribution < 1.29 is 58.5 Å². The van der Waals surface area contributed by atoms with E-state index < -0.39 is 24.1 Å². The van der Waals surface area contributed by atoms with Gasteiger partial charge in [-0.3, -0.25) is 0 Å². The second-order valence-electron chi connectivity index (χ2n) is 3.71. The normalized spacial score (nSPS) is 10.7. The summed E-state index contributed by atoms with van der Waals surface area (Å²) in [6, 6.07) is 6.90. The van der Waals surface area contributed by atoms with Gasteiger partial charge in [-0.2, -0.15) is 0 Å². The van der Waals surface area contributed by atoms with Gasteiger partial charge >= 0.3 is 41.6 Å². The standard InChI is InChI=1S/C13H15NO6.Na/c1-2-19-12(17)10(11(15)16)14-13(18)20-8-9-6-4-3-5-7-9;/h3-7,10H,2,8H2,1H3,(H,14,18)(H,15,16);/q;+1/p-1. The molecule has 0 saturated heterocycles. The van der Waals surface area contributed by atoms with E-state index in [-0.39, 0.29) is 42.8 Å². The van der Waals surface area contributed by atoms with Crippen LogP contribution in [-0.4, -0.2) is 30.7 Å². The number of carbonyl (C=O) groups excluding carboxylic acids is 3. The van der Waals surface area contributed by atoms with Crippen LogP contribution in [0.25, 0.3) is 0 Å². The first-order chi connectivity index (χ1) is 9.54. The fourth-order valence-electron chi connectivity index (χ4n) is 1.32. The Hall–Kier alpha value is -1.57. The van der Waals surface area contributed by atoms with Crippen LogP contribution in [0.5, 0.6) is 0 Å². The molecule has 1 rings (SSSR count). The molecule has 1 atom stereocenters. The monoisotopic (exact) mass is 303 g/mol. The molecule has 0 aliphatic heterocycles. The molecule has 8 heteroatoms. The van der Waals surface area contributed by atoms with Crippen LogP contribution in [0.1, 0.15) is 12.5 Å². The molecule has 0 fully saturated rings. The number of hydrogen-bond donors (Lipinski definition) is 1. The maximum atomic E-state index is 11.4. The molecule has 0 bridgehead atoms. The molecule has 1 amide bonds. The molecule has 1 N–H and O–H groups in total. The van der Waals surface area contributed by atoms with Gasteiger partial charge in [0.15, 0.2) is 6.04 Å².